The van der Waals surface area contributed by atoms with Crippen LogP contribution in [0.1, 0.15) is 19.3 Å². The first-order valence-corrected chi connectivity index (χ1v) is 6.39. The zero-order valence-corrected chi connectivity index (χ0v) is 9.60. The molecular formula is C8H19N3O2S. The van der Waals surface area contributed by atoms with Gasteiger partial charge >= 0.3 is 0 Å². The van der Waals surface area contributed by atoms with E-state index in [0.717, 1.165) is 32.4 Å². The molecule has 0 aromatic rings. The summed E-state index contributed by atoms with van der Waals surface area (Å²) in [5.74, 6) is 0. The van der Waals surface area contributed by atoms with E-state index in [4.69, 9.17) is 0 Å². The number of nitrogens with one attached hydrogen (secondary N) is 2. The van der Waals surface area contributed by atoms with Gasteiger partial charge in [0, 0.05) is 20.1 Å². The molecule has 2 N–H and O–H groups in total. The predicted molar refractivity (Wildman–Crippen MR) is 56.3 cm³/mol. The van der Waals surface area contributed by atoms with Gasteiger partial charge in [-0.1, -0.05) is 0 Å². The third-order valence-electron chi connectivity index (χ3n) is 2.70. The SMILES string of the molecule is CNS(=O)(=O)N(C)C1CCCNCC1. The highest BCUT2D eigenvalue weighted by atomic mass is 32.2. The highest BCUT2D eigenvalue weighted by molar-refractivity contribution is 7.87. The van der Waals surface area contributed by atoms with Crippen molar-refractivity contribution in [1.29, 1.82) is 0 Å². The van der Waals surface area contributed by atoms with Crippen LogP contribution in [-0.2, 0) is 10.2 Å². The minimum atomic E-state index is -3.26. The molecule has 0 spiro atoms. The quantitative estimate of drug-likeness (QED) is 0.677. The second-order valence-corrected chi connectivity index (χ2v) is 5.49. The zero-order chi connectivity index (χ0) is 10.6. The van der Waals surface area contributed by atoms with E-state index in [1.54, 1.807) is 7.05 Å². The fourth-order valence-corrected chi connectivity index (χ4v) is 2.60. The summed E-state index contributed by atoms with van der Waals surface area (Å²) in [7, 11) is -0.173. The van der Waals surface area contributed by atoms with Crippen LogP contribution in [-0.4, -0.2) is 45.9 Å². The standard InChI is InChI=1S/C8H19N3O2S/c1-9-14(12,13)11(2)8-4-3-6-10-7-5-8/h8-10H,3-7H2,1-2H3. The van der Waals surface area contributed by atoms with Crippen molar-refractivity contribution >= 4 is 10.2 Å². The van der Waals surface area contributed by atoms with Gasteiger partial charge in [-0.2, -0.15) is 12.7 Å². The summed E-state index contributed by atoms with van der Waals surface area (Å²) < 4.78 is 26.8. The molecule has 1 rings (SSSR count). The Labute approximate surface area is 86.0 Å². The molecule has 0 aliphatic carbocycles. The maximum absolute atomic E-state index is 11.5. The first-order chi connectivity index (χ1) is 6.58. The van der Waals surface area contributed by atoms with Crippen molar-refractivity contribution in [3.8, 4) is 0 Å². The lowest BCUT2D eigenvalue weighted by atomic mass is 10.1. The van der Waals surface area contributed by atoms with Crippen molar-refractivity contribution in [2.75, 3.05) is 27.2 Å². The van der Waals surface area contributed by atoms with E-state index in [1.807, 2.05) is 0 Å². The van der Waals surface area contributed by atoms with Gasteiger partial charge in [-0.3, -0.25) is 0 Å². The van der Waals surface area contributed by atoms with Crippen molar-refractivity contribution < 1.29 is 8.42 Å². The van der Waals surface area contributed by atoms with Crippen LogP contribution in [0.15, 0.2) is 0 Å². The summed E-state index contributed by atoms with van der Waals surface area (Å²) in [6.07, 6.45) is 2.86. The van der Waals surface area contributed by atoms with Crippen LogP contribution in [0.3, 0.4) is 0 Å². The molecule has 84 valence electrons. The average molecular weight is 221 g/mol. The molecule has 0 bridgehead atoms. The summed E-state index contributed by atoms with van der Waals surface area (Å²) in [6, 6.07) is 0.127. The smallest absolute Gasteiger partial charge is 0.279 e. The van der Waals surface area contributed by atoms with Gasteiger partial charge in [-0.25, -0.2) is 4.72 Å². The molecule has 14 heavy (non-hydrogen) atoms. The van der Waals surface area contributed by atoms with Gasteiger partial charge in [-0.05, 0) is 32.4 Å². The van der Waals surface area contributed by atoms with E-state index in [0.29, 0.717) is 0 Å². The second-order valence-electron chi connectivity index (χ2n) is 3.56. The summed E-state index contributed by atoms with van der Waals surface area (Å²) in [5, 5.41) is 3.26. The molecule has 1 fully saturated rings. The Hall–Kier alpha value is -0.170. The average Bonchev–Trinajstić information content (AvgIpc) is 2.44. The van der Waals surface area contributed by atoms with Crippen molar-refractivity contribution in [3.63, 3.8) is 0 Å². The Balaban J connectivity index is 2.62. The first kappa shape index (κ1) is 11.9. The Morgan fingerprint density at radius 2 is 2.07 bits per heavy atom. The van der Waals surface area contributed by atoms with E-state index >= 15 is 0 Å². The molecule has 1 aliphatic rings. The molecule has 1 aliphatic heterocycles. The second kappa shape index (κ2) is 5.06. The number of hydrogen-bond donors (Lipinski definition) is 2. The van der Waals surface area contributed by atoms with Gasteiger partial charge in [0.25, 0.3) is 10.2 Å². The van der Waals surface area contributed by atoms with Gasteiger partial charge in [0.2, 0.25) is 0 Å². The lowest BCUT2D eigenvalue weighted by Gasteiger charge is -2.25. The Morgan fingerprint density at radius 1 is 1.36 bits per heavy atom. The third kappa shape index (κ3) is 2.91. The topological polar surface area (TPSA) is 61.4 Å². The van der Waals surface area contributed by atoms with Crippen LogP contribution in [0.5, 0.6) is 0 Å². The van der Waals surface area contributed by atoms with E-state index in [9.17, 15) is 8.42 Å². The molecule has 0 amide bonds. The zero-order valence-electron chi connectivity index (χ0n) is 8.78. The summed E-state index contributed by atoms with van der Waals surface area (Å²) in [4.78, 5) is 0. The summed E-state index contributed by atoms with van der Waals surface area (Å²) >= 11 is 0. The lowest BCUT2D eigenvalue weighted by molar-refractivity contribution is 0.338. The predicted octanol–water partition coefficient (Wildman–Crippen LogP) is -0.475. The molecule has 1 heterocycles. The molecule has 6 heteroatoms. The fourth-order valence-electron chi connectivity index (χ4n) is 1.70. The largest absolute Gasteiger partial charge is 0.317 e. The van der Waals surface area contributed by atoms with Gasteiger partial charge < -0.3 is 5.32 Å². The number of nitrogens with zero attached hydrogens (tertiary/aromatic N) is 1. The van der Waals surface area contributed by atoms with E-state index in [1.165, 1.54) is 11.4 Å². The van der Waals surface area contributed by atoms with Crippen molar-refractivity contribution in [2.24, 2.45) is 0 Å². The van der Waals surface area contributed by atoms with Crippen LogP contribution >= 0.6 is 0 Å². The molecule has 0 radical (unpaired) electrons. The molecule has 5 nitrogen and oxygen atoms in total. The Kier molecular flexibility index (Phi) is 4.31. The number of hydrogen-bond acceptors (Lipinski definition) is 3. The van der Waals surface area contributed by atoms with Crippen molar-refractivity contribution in [3.05, 3.63) is 0 Å². The van der Waals surface area contributed by atoms with Crippen LogP contribution in [0.4, 0.5) is 0 Å². The Bertz CT molecular complexity index is 258. The monoisotopic (exact) mass is 221 g/mol. The van der Waals surface area contributed by atoms with Crippen LogP contribution in [0, 0.1) is 0 Å². The van der Waals surface area contributed by atoms with Crippen molar-refractivity contribution in [2.45, 2.75) is 25.3 Å². The molecule has 1 saturated heterocycles. The minimum Gasteiger partial charge on any atom is -0.317 e. The van der Waals surface area contributed by atoms with Gasteiger partial charge in [-0.15, -0.1) is 0 Å². The van der Waals surface area contributed by atoms with E-state index < -0.39 is 10.2 Å². The van der Waals surface area contributed by atoms with E-state index in [2.05, 4.69) is 10.0 Å². The molecule has 0 aromatic carbocycles. The highest BCUT2D eigenvalue weighted by Crippen LogP contribution is 2.13. The van der Waals surface area contributed by atoms with Crippen LogP contribution < -0.4 is 10.0 Å². The molecule has 0 saturated carbocycles. The van der Waals surface area contributed by atoms with Crippen molar-refractivity contribution in [1.82, 2.24) is 14.3 Å². The molecular weight excluding hydrogens is 202 g/mol. The van der Waals surface area contributed by atoms with Gasteiger partial charge in [0.05, 0.1) is 0 Å². The minimum absolute atomic E-state index is 0.127. The molecule has 1 unspecified atom stereocenters. The maximum atomic E-state index is 11.5. The summed E-state index contributed by atoms with van der Waals surface area (Å²) in [5.41, 5.74) is 0. The lowest BCUT2D eigenvalue weighted by Crippen LogP contribution is -2.43. The molecule has 1 atom stereocenters. The van der Waals surface area contributed by atoms with E-state index in [-0.39, 0.29) is 6.04 Å². The van der Waals surface area contributed by atoms with Crippen LogP contribution in [0.2, 0.25) is 0 Å². The van der Waals surface area contributed by atoms with Gasteiger partial charge in [0.1, 0.15) is 0 Å². The normalized spacial score (nSPS) is 24.9. The highest BCUT2D eigenvalue weighted by Gasteiger charge is 2.25. The fraction of sp³-hybridized carbons (Fsp3) is 1.00. The first-order valence-electron chi connectivity index (χ1n) is 4.95. The number of rotatable bonds is 3. The maximum Gasteiger partial charge on any atom is 0.279 e. The van der Waals surface area contributed by atoms with Gasteiger partial charge in [0.15, 0.2) is 0 Å². The van der Waals surface area contributed by atoms with Crippen LogP contribution in [0.25, 0.3) is 0 Å². The third-order valence-corrected chi connectivity index (χ3v) is 4.27. The summed E-state index contributed by atoms with van der Waals surface area (Å²) in [6.45, 7) is 1.89. The Morgan fingerprint density at radius 3 is 2.71 bits per heavy atom. The molecule has 0 aromatic heterocycles.